The largest absolute Gasteiger partial charge is 0.495 e. The van der Waals surface area contributed by atoms with Crippen LogP contribution in [0.2, 0.25) is 5.02 Å². The second-order valence-electron chi connectivity index (χ2n) is 5.88. The number of hydrogen-bond donors (Lipinski definition) is 1. The first-order valence-electron chi connectivity index (χ1n) is 8.25. The van der Waals surface area contributed by atoms with Crippen molar-refractivity contribution in [2.24, 2.45) is 0 Å². The number of hydrogen-bond acceptors (Lipinski definition) is 5. The smallest absolute Gasteiger partial charge is 0.338 e. The predicted molar refractivity (Wildman–Crippen MR) is 102 cm³/mol. The second-order valence-corrected chi connectivity index (χ2v) is 6.31. The number of fused-ring (bicyclic) bond motifs is 1. The molecule has 27 heavy (non-hydrogen) atoms. The molecule has 0 aliphatic carbocycles. The molecule has 2 aromatic carbocycles. The van der Waals surface area contributed by atoms with Gasteiger partial charge in [0.15, 0.2) is 6.10 Å². The van der Waals surface area contributed by atoms with E-state index in [2.05, 4.69) is 5.32 Å². The fourth-order valence-electron chi connectivity index (χ4n) is 2.54. The summed E-state index contributed by atoms with van der Waals surface area (Å²) in [4.78, 5) is 24.7. The summed E-state index contributed by atoms with van der Waals surface area (Å²) < 4.78 is 16.0. The van der Waals surface area contributed by atoms with Gasteiger partial charge in [-0.25, -0.2) is 4.79 Å². The summed E-state index contributed by atoms with van der Waals surface area (Å²) in [6.45, 7) is 1.56. The molecule has 0 spiro atoms. The third kappa shape index (κ3) is 4.41. The first kappa shape index (κ1) is 18.8. The van der Waals surface area contributed by atoms with Gasteiger partial charge in [0.2, 0.25) is 0 Å². The van der Waals surface area contributed by atoms with Gasteiger partial charge in [0.1, 0.15) is 18.1 Å². The minimum Gasteiger partial charge on any atom is -0.495 e. The fraction of sp³-hybridized carbons (Fsp3) is 0.200. The zero-order valence-electron chi connectivity index (χ0n) is 14.8. The van der Waals surface area contributed by atoms with E-state index in [1.165, 1.54) is 14.0 Å². The van der Waals surface area contributed by atoms with E-state index in [0.29, 0.717) is 33.3 Å². The van der Waals surface area contributed by atoms with E-state index in [1.54, 1.807) is 48.5 Å². The molecule has 0 radical (unpaired) electrons. The van der Waals surface area contributed by atoms with Crippen molar-refractivity contribution >= 4 is 35.2 Å². The average Bonchev–Trinajstić information content (AvgIpc) is 2.67. The SMILES string of the molecule is COc1ccccc1NC(=O)C(C)OC(=O)C1=Cc2cc(Cl)ccc2OC1. The highest BCUT2D eigenvalue weighted by molar-refractivity contribution is 6.30. The minimum atomic E-state index is -0.996. The van der Waals surface area contributed by atoms with Gasteiger partial charge in [-0.15, -0.1) is 0 Å². The van der Waals surface area contributed by atoms with E-state index in [1.807, 2.05) is 0 Å². The summed E-state index contributed by atoms with van der Waals surface area (Å²) in [6, 6.07) is 12.1. The molecule has 1 heterocycles. The molecule has 1 amide bonds. The molecular weight excluding hydrogens is 370 g/mol. The quantitative estimate of drug-likeness (QED) is 0.792. The van der Waals surface area contributed by atoms with Crippen molar-refractivity contribution in [2.75, 3.05) is 19.0 Å². The highest BCUT2D eigenvalue weighted by atomic mass is 35.5. The van der Waals surface area contributed by atoms with Crippen molar-refractivity contribution in [3.8, 4) is 11.5 Å². The Hall–Kier alpha value is -2.99. The van der Waals surface area contributed by atoms with Crippen LogP contribution in [0, 0.1) is 0 Å². The lowest BCUT2D eigenvalue weighted by atomic mass is 10.1. The Balaban J connectivity index is 1.66. The number of rotatable bonds is 5. The molecule has 0 saturated carbocycles. The van der Waals surface area contributed by atoms with Gasteiger partial charge >= 0.3 is 5.97 Å². The summed E-state index contributed by atoms with van der Waals surface area (Å²) in [5.74, 6) is 0.0658. The summed E-state index contributed by atoms with van der Waals surface area (Å²) in [6.07, 6.45) is 0.654. The van der Waals surface area contributed by atoms with Crippen LogP contribution in [0.25, 0.3) is 6.08 Å². The Labute approximate surface area is 161 Å². The number of esters is 1. The van der Waals surface area contributed by atoms with Gasteiger partial charge in [0.25, 0.3) is 5.91 Å². The minimum absolute atomic E-state index is 0.0638. The van der Waals surface area contributed by atoms with Crippen LogP contribution in [-0.2, 0) is 14.3 Å². The van der Waals surface area contributed by atoms with E-state index in [-0.39, 0.29) is 6.61 Å². The van der Waals surface area contributed by atoms with Gasteiger partial charge in [0.05, 0.1) is 18.4 Å². The van der Waals surface area contributed by atoms with E-state index in [4.69, 9.17) is 25.8 Å². The summed E-state index contributed by atoms with van der Waals surface area (Å²) >= 11 is 5.97. The molecular formula is C20H18ClNO5. The van der Waals surface area contributed by atoms with E-state index in [9.17, 15) is 9.59 Å². The molecule has 0 fully saturated rings. The molecule has 1 aliphatic heterocycles. The Morgan fingerprint density at radius 1 is 1.22 bits per heavy atom. The fourth-order valence-corrected chi connectivity index (χ4v) is 2.72. The number of para-hydroxylation sites is 2. The van der Waals surface area contributed by atoms with Gasteiger partial charge in [-0.2, -0.15) is 0 Å². The van der Waals surface area contributed by atoms with Crippen molar-refractivity contribution < 1.29 is 23.8 Å². The lowest BCUT2D eigenvalue weighted by Crippen LogP contribution is -2.31. The average molecular weight is 388 g/mol. The normalized spacial score (nSPS) is 13.5. The third-order valence-corrected chi connectivity index (χ3v) is 4.20. The molecule has 3 rings (SSSR count). The molecule has 1 atom stereocenters. The van der Waals surface area contributed by atoms with Crippen molar-refractivity contribution in [3.05, 3.63) is 58.6 Å². The number of ether oxygens (including phenoxy) is 3. The zero-order valence-corrected chi connectivity index (χ0v) is 15.6. The van der Waals surface area contributed by atoms with Crippen LogP contribution in [0.4, 0.5) is 5.69 Å². The lowest BCUT2D eigenvalue weighted by Gasteiger charge is -2.19. The molecule has 1 unspecified atom stereocenters. The Kier molecular flexibility index (Phi) is 5.66. The van der Waals surface area contributed by atoms with Crippen LogP contribution < -0.4 is 14.8 Å². The molecule has 0 saturated heterocycles. The van der Waals surface area contributed by atoms with Gasteiger partial charge in [-0.05, 0) is 43.3 Å². The number of halogens is 1. The Bertz CT molecular complexity index is 909. The summed E-state index contributed by atoms with van der Waals surface area (Å²) in [5, 5.41) is 3.22. The highest BCUT2D eigenvalue weighted by Crippen LogP contribution is 2.29. The number of amides is 1. The Morgan fingerprint density at radius 2 is 2.00 bits per heavy atom. The summed E-state index contributed by atoms with van der Waals surface area (Å²) in [7, 11) is 1.51. The first-order valence-corrected chi connectivity index (χ1v) is 8.63. The van der Waals surface area contributed by atoms with E-state index >= 15 is 0 Å². The molecule has 0 aromatic heterocycles. The second kappa shape index (κ2) is 8.14. The van der Waals surface area contributed by atoms with Crippen molar-refractivity contribution in [1.82, 2.24) is 0 Å². The molecule has 2 aromatic rings. The van der Waals surface area contributed by atoms with Crippen LogP contribution in [0.5, 0.6) is 11.5 Å². The molecule has 140 valence electrons. The van der Waals surface area contributed by atoms with Gasteiger partial charge in [0, 0.05) is 10.6 Å². The summed E-state index contributed by atoms with van der Waals surface area (Å²) in [5.41, 5.74) is 1.49. The number of carbonyl (C=O) groups excluding carboxylic acids is 2. The van der Waals surface area contributed by atoms with Crippen molar-refractivity contribution in [3.63, 3.8) is 0 Å². The predicted octanol–water partition coefficient (Wildman–Crippen LogP) is 3.69. The van der Waals surface area contributed by atoms with Crippen LogP contribution in [0.3, 0.4) is 0 Å². The highest BCUT2D eigenvalue weighted by Gasteiger charge is 2.24. The van der Waals surface area contributed by atoms with Crippen LogP contribution in [0.1, 0.15) is 12.5 Å². The van der Waals surface area contributed by atoms with Crippen molar-refractivity contribution in [1.29, 1.82) is 0 Å². The van der Waals surface area contributed by atoms with Crippen LogP contribution in [0.15, 0.2) is 48.0 Å². The lowest BCUT2D eigenvalue weighted by molar-refractivity contribution is -0.149. The Morgan fingerprint density at radius 3 is 2.78 bits per heavy atom. The maximum Gasteiger partial charge on any atom is 0.338 e. The standard InChI is InChI=1S/C20H18ClNO5/c1-12(19(23)22-16-5-3-4-6-18(16)25-2)27-20(24)14-9-13-10-15(21)7-8-17(13)26-11-14/h3-10,12H,11H2,1-2H3,(H,22,23). The van der Waals surface area contributed by atoms with E-state index in [0.717, 1.165) is 0 Å². The topological polar surface area (TPSA) is 73.9 Å². The maximum absolute atomic E-state index is 12.4. The van der Waals surface area contributed by atoms with Crippen LogP contribution >= 0.6 is 11.6 Å². The monoisotopic (exact) mass is 387 g/mol. The van der Waals surface area contributed by atoms with Gasteiger partial charge in [-0.1, -0.05) is 23.7 Å². The number of carbonyl (C=O) groups is 2. The van der Waals surface area contributed by atoms with Crippen molar-refractivity contribution in [2.45, 2.75) is 13.0 Å². The van der Waals surface area contributed by atoms with Gasteiger partial charge < -0.3 is 19.5 Å². The molecule has 0 bridgehead atoms. The van der Waals surface area contributed by atoms with Gasteiger partial charge in [-0.3, -0.25) is 4.79 Å². The maximum atomic E-state index is 12.4. The number of methoxy groups -OCH3 is 1. The zero-order chi connectivity index (χ0) is 19.4. The van der Waals surface area contributed by atoms with E-state index < -0.39 is 18.0 Å². The first-order chi connectivity index (χ1) is 13.0. The molecule has 1 N–H and O–H groups in total. The number of nitrogens with one attached hydrogen (secondary N) is 1. The molecule has 6 nitrogen and oxygen atoms in total. The number of anilines is 1. The third-order valence-electron chi connectivity index (χ3n) is 3.96. The number of benzene rings is 2. The molecule has 1 aliphatic rings. The molecule has 7 heteroatoms. The van der Waals surface area contributed by atoms with Crippen LogP contribution in [-0.4, -0.2) is 31.7 Å².